The molecule has 15 nitrogen and oxygen atoms in total. The van der Waals surface area contributed by atoms with E-state index in [0.717, 1.165) is 71.8 Å². The van der Waals surface area contributed by atoms with E-state index in [1.807, 2.05) is 31.1 Å². The first-order valence-corrected chi connectivity index (χ1v) is 21.3. The molecule has 7 rings (SSSR count). The molecule has 2 aromatic carbocycles. The Labute approximate surface area is 352 Å². The van der Waals surface area contributed by atoms with Crippen LogP contribution in [-0.4, -0.2) is 93.6 Å². The lowest BCUT2D eigenvalue weighted by molar-refractivity contribution is -0.135. The van der Waals surface area contributed by atoms with Crippen LogP contribution in [0.4, 0.5) is 9.59 Å². The number of carbonyl (C=O) groups is 4. The first kappa shape index (κ1) is 43.9. The number of hydrogen-bond donors (Lipinski definition) is 5. The van der Waals surface area contributed by atoms with Gasteiger partial charge in [-0.05, 0) is 72.8 Å². The number of likely N-dealkylation sites (tertiary alicyclic amines) is 2. The zero-order valence-electron chi connectivity index (χ0n) is 36.2. The molecular weight excluding hydrogens is 763 g/mol. The minimum absolute atomic E-state index is 0.109. The zero-order valence-corrected chi connectivity index (χ0v) is 36.2. The van der Waals surface area contributed by atoms with Crippen LogP contribution in [0, 0.1) is 5.92 Å². The van der Waals surface area contributed by atoms with Crippen molar-refractivity contribution >= 4 is 24.0 Å². The van der Waals surface area contributed by atoms with E-state index in [4.69, 9.17) is 14.7 Å². The maximum Gasteiger partial charge on any atom is 0.407 e. The Morgan fingerprint density at radius 1 is 0.783 bits per heavy atom. The number of aromatic nitrogens is 4. The summed E-state index contributed by atoms with van der Waals surface area (Å²) in [6.45, 7) is 13.5. The molecule has 5 N–H and O–H groups in total. The van der Waals surface area contributed by atoms with E-state index in [0.29, 0.717) is 13.1 Å². The van der Waals surface area contributed by atoms with Gasteiger partial charge < -0.3 is 45.2 Å². The SMILES string of the molecule is CCC.CCC1NC(C)c2c(-c3cnc(C4CCCN4C(=O)CNC(=O)OC)[nH]3)ccc(-c3ccc(-c4cnc(C5CCCN5C(=O)C(NC(=O)OC)C(C)C)[nH]4)cc3)c21. The molecule has 5 atom stereocenters. The van der Waals surface area contributed by atoms with Gasteiger partial charge >= 0.3 is 12.2 Å². The number of rotatable bonds is 11. The minimum Gasteiger partial charge on any atom is -0.453 e. The number of amides is 4. The summed E-state index contributed by atoms with van der Waals surface area (Å²) < 4.78 is 9.40. The highest BCUT2D eigenvalue weighted by molar-refractivity contribution is 5.86. The van der Waals surface area contributed by atoms with Crippen LogP contribution in [0.1, 0.15) is 127 Å². The average Bonchev–Trinajstić information content (AvgIpc) is 4.11. The van der Waals surface area contributed by atoms with Gasteiger partial charge in [-0.25, -0.2) is 19.6 Å². The second kappa shape index (κ2) is 19.6. The highest BCUT2D eigenvalue weighted by Gasteiger charge is 2.38. The number of nitrogens with one attached hydrogen (secondary N) is 5. The zero-order chi connectivity index (χ0) is 43.1. The number of imidazole rings is 2. The number of alkyl carbamates (subject to hydrolysis) is 2. The molecular formula is C45H61N9O6. The van der Waals surface area contributed by atoms with Crippen molar-refractivity contribution in [3.8, 4) is 33.6 Å². The average molecular weight is 824 g/mol. The topological polar surface area (TPSA) is 187 Å². The second-order valence-electron chi connectivity index (χ2n) is 16.1. The first-order chi connectivity index (χ1) is 28.9. The van der Waals surface area contributed by atoms with Crippen molar-refractivity contribution in [3.05, 3.63) is 71.6 Å². The summed E-state index contributed by atoms with van der Waals surface area (Å²) in [7, 11) is 2.57. The van der Waals surface area contributed by atoms with Crippen molar-refractivity contribution in [3.63, 3.8) is 0 Å². The van der Waals surface area contributed by atoms with E-state index in [9.17, 15) is 19.2 Å². The molecule has 3 aliphatic rings. The fourth-order valence-corrected chi connectivity index (χ4v) is 8.74. The number of ether oxygens (including phenoxy) is 2. The van der Waals surface area contributed by atoms with E-state index in [1.165, 1.54) is 37.3 Å². The van der Waals surface area contributed by atoms with Crippen LogP contribution in [0.5, 0.6) is 0 Å². The summed E-state index contributed by atoms with van der Waals surface area (Å²) in [6.07, 6.45) is 7.86. The van der Waals surface area contributed by atoms with Gasteiger partial charge in [0, 0.05) is 30.7 Å². The first-order valence-electron chi connectivity index (χ1n) is 21.3. The van der Waals surface area contributed by atoms with Crippen molar-refractivity contribution < 1.29 is 28.7 Å². The fourth-order valence-electron chi connectivity index (χ4n) is 8.74. The molecule has 0 bridgehead atoms. The van der Waals surface area contributed by atoms with Gasteiger partial charge in [0.05, 0.1) is 50.1 Å². The highest BCUT2D eigenvalue weighted by atomic mass is 16.5. The lowest BCUT2D eigenvalue weighted by atomic mass is 9.87. The maximum atomic E-state index is 13.6. The number of hydrogen-bond acceptors (Lipinski definition) is 9. The largest absolute Gasteiger partial charge is 0.453 e. The molecule has 0 saturated carbocycles. The number of aromatic amines is 2. The quantitative estimate of drug-likeness (QED) is 0.101. The Morgan fingerprint density at radius 3 is 1.97 bits per heavy atom. The Kier molecular flexibility index (Phi) is 14.3. The van der Waals surface area contributed by atoms with E-state index in [1.54, 1.807) is 4.90 Å². The highest BCUT2D eigenvalue weighted by Crippen LogP contribution is 2.46. The van der Waals surface area contributed by atoms with Gasteiger partial charge in [0.1, 0.15) is 24.2 Å². The van der Waals surface area contributed by atoms with Gasteiger partial charge in [0.2, 0.25) is 11.8 Å². The minimum atomic E-state index is -0.692. The van der Waals surface area contributed by atoms with Crippen molar-refractivity contribution in [2.75, 3.05) is 33.9 Å². The van der Waals surface area contributed by atoms with E-state index in [2.05, 4.69) is 94.7 Å². The summed E-state index contributed by atoms with van der Waals surface area (Å²) in [4.78, 5) is 70.3. The normalized spacial score (nSPS) is 20.0. The molecule has 5 heterocycles. The molecule has 0 radical (unpaired) electrons. The van der Waals surface area contributed by atoms with Crippen molar-refractivity contribution in [1.82, 2.24) is 45.7 Å². The molecule has 5 unspecified atom stereocenters. The van der Waals surface area contributed by atoms with Gasteiger partial charge in [-0.2, -0.15) is 0 Å². The number of H-pyrrole nitrogens is 2. The molecule has 60 heavy (non-hydrogen) atoms. The predicted molar refractivity (Wildman–Crippen MR) is 230 cm³/mol. The number of carbonyl (C=O) groups excluding carboxylic acids is 4. The summed E-state index contributed by atoms with van der Waals surface area (Å²) in [5.41, 5.74) is 8.60. The molecule has 2 saturated heterocycles. The second-order valence-corrected chi connectivity index (χ2v) is 16.1. The van der Waals surface area contributed by atoms with E-state index in [-0.39, 0.29) is 48.4 Å². The summed E-state index contributed by atoms with van der Waals surface area (Å²) in [5, 5.41) is 9.01. The smallest absolute Gasteiger partial charge is 0.407 e. The molecule has 322 valence electrons. The third kappa shape index (κ3) is 9.20. The van der Waals surface area contributed by atoms with Crippen molar-refractivity contribution in [2.24, 2.45) is 5.92 Å². The van der Waals surface area contributed by atoms with E-state index < -0.39 is 18.2 Å². The van der Waals surface area contributed by atoms with Crippen LogP contribution in [-0.2, 0) is 19.1 Å². The standard InChI is InChI=1S/C42H53N9O6.C3H8/c1-7-29-36-27(16-17-28(35(36)24(4)46-29)31-21-44-38(48-31)32-10-8-18-50(32)34(52)22-45-41(54)56-5)25-12-14-26(15-13-25)30-20-43-39(47-30)33-11-9-19-51(33)40(53)37(23(2)3)49-42(55)57-6;1-3-2/h12-17,20-21,23-24,29,32-33,37,46H,7-11,18-19,22H2,1-6H3,(H,43,47)(H,44,48)(H,45,54)(H,49,55);3H2,1-2H3. The molecule has 4 amide bonds. The molecule has 2 fully saturated rings. The lowest BCUT2D eigenvalue weighted by Gasteiger charge is -2.30. The van der Waals surface area contributed by atoms with E-state index >= 15 is 0 Å². The molecule has 15 heteroatoms. The van der Waals surface area contributed by atoms with Crippen LogP contribution in [0.25, 0.3) is 33.6 Å². The predicted octanol–water partition coefficient (Wildman–Crippen LogP) is 7.73. The van der Waals surface area contributed by atoms with Crippen LogP contribution in [0.3, 0.4) is 0 Å². The van der Waals surface area contributed by atoms with Gasteiger partial charge in [-0.15, -0.1) is 0 Å². The Balaban J connectivity index is 0.00000195. The van der Waals surface area contributed by atoms with Crippen LogP contribution in [0.2, 0.25) is 0 Å². The molecule has 0 aliphatic carbocycles. The van der Waals surface area contributed by atoms with Crippen molar-refractivity contribution in [1.29, 1.82) is 0 Å². The van der Waals surface area contributed by atoms with Gasteiger partial charge in [0.25, 0.3) is 0 Å². The van der Waals surface area contributed by atoms with Crippen molar-refractivity contribution in [2.45, 2.75) is 110 Å². The number of benzene rings is 2. The maximum absolute atomic E-state index is 13.6. The Hall–Kier alpha value is -5.70. The van der Waals surface area contributed by atoms with Crippen LogP contribution >= 0.6 is 0 Å². The summed E-state index contributed by atoms with van der Waals surface area (Å²) in [5.74, 6) is 1.04. The van der Waals surface area contributed by atoms with Gasteiger partial charge in [-0.1, -0.05) is 77.4 Å². The molecule has 3 aliphatic heterocycles. The fraction of sp³-hybridized carbons (Fsp3) is 0.511. The number of fused-ring (bicyclic) bond motifs is 1. The molecule has 0 spiro atoms. The Bertz CT molecular complexity index is 2130. The number of methoxy groups -OCH3 is 2. The monoisotopic (exact) mass is 823 g/mol. The Morgan fingerprint density at radius 2 is 1.35 bits per heavy atom. The van der Waals surface area contributed by atoms with Crippen LogP contribution < -0.4 is 16.0 Å². The number of nitrogens with zero attached hydrogens (tertiary/aromatic N) is 4. The molecule has 4 aromatic rings. The summed E-state index contributed by atoms with van der Waals surface area (Å²) >= 11 is 0. The van der Waals surface area contributed by atoms with Gasteiger partial charge in [-0.3, -0.25) is 9.59 Å². The third-order valence-electron chi connectivity index (χ3n) is 11.6. The summed E-state index contributed by atoms with van der Waals surface area (Å²) in [6, 6.07) is 12.0. The third-order valence-corrected chi connectivity index (χ3v) is 11.6. The van der Waals surface area contributed by atoms with Crippen LogP contribution in [0.15, 0.2) is 48.8 Å². The van der Waals surface area contributed by atoms with Gasteiger partial charge in [0.15, 0.2) is 0 Å². The lowest BCUT2D eigenvalue weighted by Crippen LogP contribution is -2.51. The molecule has 2 aromatic heterocycles.